The Morgan fingerprint density at radius 2 is 2.08 bits per heavy atom. The fraction of sp³-hybridized carbons (Fsp3) is 0.188. The molecule has 3 aromatic rings. The van der Waals surface area contributed by atoms with Crippen LogP contribution in [0.3, 0.4) is 0 Å². The number of hydrogen-bond acceptors (Lipinski definition) is 6. The van der Waals surface area contributed by atoms with Crippen LogP contribution in [0, 0.1) is 0 Å². The van der Waals surface area contributed by atoms with Crippen LogP contribution in [0.5, 0.6) is 5.75 Å². The molecule has 0 unspecified atom stereocenters. The highest BCUT2D eigenvalue weighted by molar-refractivity contribution is 5.66. The van der Waals surface area contributed by atoms with E-state index < -0.39 is 0 Å². The van der Waals surface area contributed by atoms with Crippen LogP contribution >= 0.6 is 0 Å². The quantitative estimate of drug-likeness (QED) is 0.665. The molecule has 3 aromatic heterocycles. The highest BCUT2D eigenvalue weighted by Crippen LogP contribution is 2.19. The Labute approximate surface area is 136 Å². The van der Waals surface area contributed by atoms with E-state index in [0.29, 0.717) is 23.4 Å². The van der Waals surface area contributed by atoms with Crippen molar-refractivity contribution >= 4 is 11.3 Å². The number of pyridine rings is 2. The lowest BCUT2D eigenvalue weighted by Crippen LogP contribution is -2.19. The monoisotopic (exact) mass is 328 g/mol. The highest BCUT2D eigenvalue weighted by atomic mass is 16.5. The lowest BCUT2D eigenvalue weighted by atomic mass is 10.1. The Bertz CT molecular complexity index is 993. The summed E-state index contributed by atoms with van der Waals surface area (Å²) in [5.74, 6) is 0.141. The van der Waals surface area contributed by atoms with E-state index in [1.54, 1.807) is 31.5 Å². The van der Waals surface area contributed by atoms with Crippen molar-refractivity contribution in [2.45, 2.75) is 0 Å². The van der Waals surface area contributed by atoms with E-state index in [-0.39, 0.29) is 29.2 Å². The van der Waals surface area contributed by atoms with E-state index in [0.717, 1.165) is 0 Å². The van der Waals surface area contributed by atoms with E-state index in [9.17, 15) is 9.59 Å². The Morgan fingerprint density at radius 3 is 2.83 bits per heavy atom. The minimum atomic E-state index is -0.354. The predicted molar refractivity (Wildman–Crippen MR) is 89.3 cm³/mol. The molecule has 0 aromatic carbocycles. The second-order valence-electron chi connectivity index (χ2n) is 5.09. The number of nitrogen functional groups attached to an aromatic ring is 1. The zero-order valence-corrected chi connectivity index (χ0v) is 13.0. The number of methoxy groups -OCH3 is 1. The van der Waals surface area contributed by atoms with Crippen molar-refractivity contribution in [2.24, 2.45) is 0 Å². The van der Waals surface area contributed by atoms with Gasteiger partial charge in [0, 0.05) is 30.6 Å². The predicted octanol–water partition coefficient (Wildman–Crippen LogP) is 0.657. The van der Waals surface area contributed by atoms with Gasteiger partial charge in [0.15, 0.2) is 0 Å². The van der Waals surface area contributed by atoms with Gasteiger partial charge in [-0.15, -0.1) is 0 Å². The van der Waals surface area contributed by atoms with Gasteiger partial charge in [0.25, 0.3) is 11.1 Å². The van der Waals surface area contributed by atoms with Gasteiger partial charge in [-0.1, -0.05) is 0 Å². The van der Waals surface area contributed by atoms with Gasteiger partial charge in [-0.3, -0.25) is 14.0 Å². The first-order valence-electron chi connectivity index (χ1n) is 7.22. The number of hydrogen-bond donors (Lipinski definition) is 2. The molecule has 0 amide bonds. The number of aromatic amines is 1. The number of anilines is 1. The van der Waals surface area contributed by atoms with Crippen molar-refractivity contribution in [1.82, 2.24) is 14.4 Å². The average Bonchev–Trinajstić information content (AvgIpc) is 2.59. The first-order chi connectivity index (χ1) is 11.6. The molecule has 0 spiro atoms. The molecular weight excluding hydrogens is 312 g/mol. The molecule has 124 valence electrons. The molecule has 0 saturated heterocycles. The molecule has 24 heavy (non-hydrogen) atoms. The van der Waals surface area contributed by atoms with Crippen LogP contribution in [0.15, 0.2) is 46.4 Å². The van der Waals surface area contributed by atoms with Gasteiger partial charge < -0.3 is 20.2 Å². The van der Waals surface area contributed by atoms with Gasteiger partial charge in [0.2, 0.25) is 5.75 Å². The fourth-order valence-electron chi connectivity index (χ4n) is 2.23. The number of nitrogens with two attached hydrogens (primary N) is 1. The summed E-state index contributed by atoms with van der Waals surface area (Å²) in [7, 11) is 1.55. The van der Waals surface area contributed by atoms with Gasteiger partial charge >= 0.3 is 0 Å². The van der Waals surface area contributed by atoms with Gasteiger partial charge in [-0.05, 0) is 18.2 Å². The summed E-state index contributed by atoms with van der Waals surface area (Å²) in [4.78, 5) is 30.6. The molecule has 0 aliphatic carbocycles. The zero-order chi connectivity index (χ0) is 17.1. The molecule has 3 rings (SSSR count). The van der Waals surface area contributed by atoms with Gasteiger partial charge in [-0.25, -0.2) is 4.98 Å². The summed E-state index contributed by atoms with van der Waals surface area (Å²) in [6, 6.07) is 5.05. The van der Waals surface area contributed by atoms with Crippen molar-refractivity contribution in [3.05, 3.63) is 57.5 Å². The second-order valence-corrected chi connectivity index (χ2v) is 5.09. The number of nitrogens with zero attached hydrogens (tertiary/aromatic N) is 2. The number of ether oxygens (including phenoxy) is 2. The molecule has 3 N–H and O–H groups in total. The van der Waals surface area contributed by atoms with Gasteiger partial charge in [0.1, 0.15) is 12.3 Å². The molecule has 0 aliphatic rings. The number of nitrogens with one attached hydrogen (secondary N) is 1. The SMILES string of the molecule is COCCOc1cnc2ccc(-c3c[nH]c(=O)c(N)c3)cn2c1=O. The van der Waals surface area contributed by atoms with Crippen molar-refractivity contribution in [1.29, 1.82) is 0 Å². The van der Waals surface area contributed by atoms with Crippen molar-refractivity contribution in [2.75, 3.05) is 26.1 Å². The topological polar surface area (TPSA) is 112 Å². The smallest absolute Gasteiger partial charge is 0.300 e. The Kier molecular flexibility index (Phi) is 4.30. The molecule has 0 atom stereocenters. The Balaban J connectivity index is 2.05. The first kappa shape index (κ1) is 15.8. The number of fused-ring (bicyclic) bond motifs is 1. The van der Waals surface area contributed by atoms with E-state index in [2.05, 4.69) is 9.97 Å². The molecule has 0 aliphatic heterocycles. The summed E-state index contributed by atoms with van der Waals surface area (Å²) >= 11 is 0. The molecule has 8 heteroatoms. The lowest BCUT2D eigenvalue weighted by Gasteiger charge is -2.08. The first-order valence-corrected chi connectivity index (χ1v) is 7.22. The van der Waals surface area contributed by atoms with Crippen LogP contribution in [0.1, 0.15) is 0 Å². The normalized spacial score (nSPS) is 10.9. The Morgan fingerprint density at radius 1 is 1.25 bits per heavy atom. The fourth-order valence-corrected chi connectivity index (χ4v) is 2.23. The summed E-state index contributed by atoms with van der Waals surface area (Å²) < 4.78 is 11.7. The lowest BCUT2D eigenvalue weighted by molar-refractivity contribution is 0.145. The van der Waals surface area contributed by atoms with Gasteiger partial charge in [0.05, 0.1) is 18.5 Å². The van der Waals surface area contributed by atoms with E-state index in [1.165, 1.54) is 16.8 Å². The number of aromatic nitrogens is 3. The van der Waals surface area contributed by atoms with E-state index in [1.807, 2.05) is 0 Å². The van der Waals surface area contributed by atoms with Crippen molar-refractivity contribution in [3.63, 3.8) is 0 Å². The van der Waals surface area contributed by atoms with Crippen LogP contribution in [-0.2, 0) is 4.74 Å². The standard InChI is InChI=1S/C16H16N4O4/c1-23-4-5-24-13-8-18-14-3-2-10(9-20(14)16(13)22)11-6-12(17)15(21)19-7-11/h2-3,6-9H,4-5,17H2,1H3,(H,19,21). The van der Waals surface area contributed by atoms with Gasteiger partial charge in [-0.2, -0.15) is 0 Å². The maximum Gasteiger partial charge on any atom is 0.300 e. The molecule has 8 nitrogen and oxygen atoms in total. The van der Waals surface area contributed by atoms with Crippen molar-refractivity contribution < 1.29 is 9.47 Å². The minimum absolute atomic E-state index is 0.106. The minimum Gasteiger partial charge on any atom is -0.484 e. The highest BCUT2D eigenvalue weighted by Gasteiger charge is 2.08. The Hall–Kier alpha value is -3.13. The van der Waals surface area contributed by atoms with Crippen LogP contribution in [0.4, 0.5) is 5.69 Å². The summed E-state index contributed by atoms with van der Waals surface area (Å²) in [5.41, 5.74) is 6.95. The third kappa shape index (κ3) is 2.99. The summed E-state index contributed by atoms with van der Waals surface area (Å²) in [5, 5.41) is 0. The third-order valence-electron chi connectivity index (χ3n) is 3.48. The van der Waals surface area contributed by atoms with Crippen LogP contribution in [-0.4, -0.2) is 34.7 Å². The van der Waals surface area contributed by atoms with Crippen LogP contribution in [0.25, 0.3) is 16.8 Å². The molecule has 0 fully saturated rings. The van der Waals surface area contributed by atoms with Crippen molar-refractivity contribution in [3.8, 4) is 16.9 Å². The molecule has 0 radical (unpaired) electrons. The second kappa shape index (κ2) is 6.55. The number of rotatable bonds is 5. The maximum absolute atomic E-state index is 12.5. The van der Waals surface area contributed by atoms with Crippen LogP contribution in [0.2, 0.25) is 0 Å². The summed E-state index contributed by atoms with van der Waals surface area (Å²) in [6.45, 7) is 0.633. The number of H-pyrrole nitrogens is 1. The average molecular weight is 328 g/mol. The largest absolute Gasteiger partial charge is 0.484 e. The molecule has 3 heterocycles. The van der Waals surface area contributed by atoms with Crippen LogP contribution < -0.4 is 21.6 Å². The maximum atomic E-state index is 12.5. The molecule has 0 bridgehead atoms. The third-order valence-corrected chi connectivity index (χ3v) is 3.48. The summed E-state index contributed by atoms with van der Waals surface area (Å²) in [6.07, 6.45) is 4.56. The van der Waals surface area contributed by atoms with E-state index in [4.69, 9.17) is 15.2 Å². The molecule has 0 saturated carbocycles. The molecular formula is C16H16N4O4. The zero-order valence-electron chi connectivity index (χ0n) is 13.0. The van der Waals surface area contributed by atoms with E-state index >= 15 is 0 Å².